The number of hydrogen-bond donors (Lipinski definition) is 0. The molecule has 0 N–H and O–H groups in total. The number of aromatic nitrogens is 1. The Kier molecular flexibility index (Phi) is 3.95. The first-order valence-electron chi connectivity index (χ1n) is 4.79. The summed E-state index contributed by atoms with van der Waals surface area (Å²) >= 11 is 0. The van der Waals surface area contributed by atoms with Gasteiger partial charge in [0.15, 0.2) is 5.78 Å². The minimum Gasteiger partial charge on any atom is -0.295 e. The van der Waals surface area contributed by atoms with Crippen molar-refractivity contribution in [2.45, 2.75) is 14.4 Å². The zero-order valence-corrected chi connectivity index (χ0v) is 8.47. The molecule has 0 saturated carbocycles. The third kappa shape index (κ3) is 2.54. The summed E-state index contributed by atoms with van der Waals surface area (Å²) < 4.78 is 0. The highest BCUT2D eigenvalue weighted by Gasteiger charge is 2.01. The van der Waals surface area contributed by atoms with Gasteiger partial charge < -0.3 is 0 Å². The van der Waals surface area contributed by atoms with Crippen LogP contribution in [-0.2, 0) is 0 Å². The lowest BCUT2D eigenvalue weighted by molar-refractivity contribution is 0.101. The molecule has 2 nitrogen and oxygen atoms in total. The van der Waals surface area contributed by atoms with E-state index in [-0.39, 0.29) is 13.2 Å². The minimum atomic E-state index is 0. The van der Waals surface area contributed by atoms with Gasteiger partial charge in [-0.15, -0.1) is 0 Å². The van der Waals surface area contributed by atoms with Crippen molar-refractivity contribution in [3.63, 3.8) is 0 Å². The Bertz CT molecular complexity index is 477. The van der Waals surface area contributed by atoms with Gasteiger partial charge in [-0.3, -0.25) is 9.78 Å². The van der Waals surface area contributed by atoms with E-state index in [0.717, 1.165) is 16.7 Å². The highest BCUT2D eigenvalue weighted by atomic mass is 16.1. The van der Waals surface area contributed by atoms with Gasteiger partial charge in [0.25, 0.3) is 0 Å². The molecule has 0 spiro atoms. The summed E-state index contributed by atoms with van der Waals surface area (Å²) in [7, 11) is 0. The van der Waals surface area contributed by atoms with Crippen LogP contribution in [0, 0.1) is 0 Å². The van der Waals surface area contributed by atoms with Gasteiger partial charge in [0.1, 0.15) is 0 Å². The number of hydrogen-bond acceptors (Lipinski definition) is 2. The maximum absolute atomic E-state index is 11.2. The van der Waals surface area contributed by atoms with Gasteiger partial charge in [0.05, 0.1) is 0 Å². The molecule has 0 bridgehead atoms. The van der Waals surface area contributed by atoms with Gasteiger partial charge >= 0.3 is 0 Å². The highest BCUT2D eigenvalue weighted by molar-refractivity contribution is 5.95. The molecule has 0 unspecified atom stereocenters. The Labute approximate surface area is 96.0 Å². The van der Waals surface area contributed by atoms with Crippen LogP contribution in [0.1, 0.15) is 24.7 Å². The van der Waals surface area contributed by atoms with Crippen molar-refractivity contribution >= 4 is 5.78 Å². The molecule has 0 aliphatic carbocycles. The molecule has 0 saturated heterocycles. The van der Waals surface area contributed by atoms with E-state index < -0.39 is 0 Å². The summed E-state index contributed by atoms with van der Waals surface area (Å²) in [5.74, 6) is 0.0840. The Morgan fingerprint density at radius 2 is 1.88 bits per heavy atom. The summed E-state index contributed by atoms with van der Waals surface area (Å²) in [5, 5.41) is 0. The van der Waals surface area contributed by atoms with Gasteiger partial charge in [-0.2, -0.15) is 0 Å². The molecule has 82 valence electrons. The Morgan fingerprint density at radius 3 is 2.50 bits per heavy atom. The lowest BCUT2D eigenvalue weighted by atomic mass is 10.0. The number of ketones is 1. The third-order valence-corrected chi connectivity index (χ3v) is 2.26. The fourth-order valence-electron chi connectivity index (χ4n) is 1.45. The van der Waals surface area contributed by atoms with Crippen LogP contribution >= 0.6 is 0 Å². The number of carbonyl (C=O) groups excluding carboxylic acids is 1. The van der Waals surface area contributed by atoms with Crippen LogP contribution in [-0.4, -0.2) is 10.8 Å². The van der Waals surface area contributed by atoms with Crippen molar-refractivity contribution in [2.24, 2.45) is 0 Å². The molecule has 1 aromatic carbocycles. The fraction of sp³-hybridized carbons (Fsp3) is 0.143. The number of Topliss-reactive ketones (excluding diaryl/α,β-unsaturated/α-hetero) is 1. The quantitative estimate of drug-likeness (QED) is 0.713. The molecule has 0 aliphatic heterocycles. The first-order valence-corrected chi connectivity index (χ1v) is 4.79. The van der Waals surface area contributed by atoms with Crippen molar-refractivity contribution in [2.75, 3.05) is 0 Å². The summed E-state index contributed by atoms with van der Waals surface area (Å²) in [5.41, 5.74) is 2.78. The number of rotatable bonds is 2. The standard InChI is InChI=1S/C13H11NO.CH4/c1-10(15)11-4-2-5-12(8-11)13-6-3-7-14-9-13;/h2-9H,1H3;1H4. The molecular formula is C14H15NO. The number of nitrogens with zero attached hydrogens (tertiary/aromatic N) is 1. The van der Waals surface area contributed by atoms with E-state index in [1.165, 1.54) is 0 Å². The van der Waals surface area contributed by atoms with Gasteiger partial charge in [-0.1, -0.05) is 31.7 Å². The molecule has 2 aromatic rings. The van der Waals surface area contributed by atoms with Crippen LogP contribution in [0.25, 0.3) is 11.1 Å². The number of carbonyl (C=O) groups is 1. The zero-order chi connectivity index (χ0) is 10.7. The summed E-state index contributed by atoms with van der Waals surface area (Å²) in [6.07, 6.45) is 3.53. The van der Waals surface area contributed by atoms with Gasteiger partial charge in [-0.25, -0.2) is 0 Å². The van der Waals surface area contributed by atoms with Crippen molar-refractivity contribution in [1.82, 2.24) is 4.98 Å². The second-order valence-electron chi connectivity index (χ2n) is 3.38. The first-order chi connectivity index (χ1) is 7.27. The zero-order valence-electron chi connectivity index (χ0n) is 8.47. The molecular weight excluding hydrogens is 198 g/mol. The maximum Gasteiger partial charge on any atom is 0.159 e. The van der Waals surface area contributed by atoms with Crippen molar-refractivity contribution in [1.29, 1.82) is 0 Å². The highest BCUT2D eigenvalue weighted by Crippen LogP contribution is 2.19. The molecule has 0 radical (unpaired) electrons. The van der Waals surface area contributed by atoms with E-state index in [2.05, 4.69) is 4.98 Å². The SMILES string of the molecule is C.CC(=O)c1cccc(-c2cccnc2)c1. The molecule has 0 aliphatic rings. The van der Waals surface area contributed by atoms with E-state index >= 15 is 0 Å². The summed E-state index contributed by atoms with van der Waals surface area (Å²) in [6, 6.07) is 11.4. The van der Waals surface area contributed by atoms with Crippen molar-refractivity contribution in [3.05, 3.63) is 54.4 Å². The van der Waals surface area contributed by atoms with Gasteiger partial charge in [0.2, 0.25) is 0 Å². The topological polar surface area (TPSA) is 30.0 Å². The predicted octanol–water partition coefficient (Wildman–Crippen LogP) is 3.59. The van der Waals surface area contributed by atoms with Crippen LogP contribution in [0.3, 0.4) is 0 Å². The molecule has 2 rings (SSSR count). The molecule has 0 atom stereocenters. The summed E-state index contributed by atoms with van der Waals surface area (Å²) in [4.78, 5) is 15.3. The van der Waals surface area contributed by atoms with E-state index in [1.54, 1.807) is 19.3 Å². The monoisotopic (exact) mass is 213 g/mol. The van der Waals surface area contributed by atoms with E-state index in [0.29, 0.717) is 0 Å². The Balaban J connectivity index is 0.00000128. The third-order valence-electron chi connectivity index (χ3n) is 2.26. The van der Waals surface area contributed by atoms with Gasteiger partial charge in [-0.05, 0) is 24.6 Å². The second kappa shape index (κ2) is 5.21. The average Bonchev–Trinajstić information content (AvgIpc) is 2.30. The van der Waals surface area contributed by atoms with Crippen LogP contribution in [0.4, 0.5) is 0 Å². The Hall–Kier alpha value is -1.96. The Morgan fingerprint density at radius 1 is 1.12 bits per heavy atom. The molecule has 16 heavy (non-hydrogen) atoms. The van der Waals surface area contributed by atoms with E-state index in [4.69, 9.17) is 0 Å². The van der Waals surface area contributed by atoms with Crippen LogP contribution in [0.2, 0.25) is 0 Å². The molecule has 0 fully saturated rings. The normalized spacial score (nSPS) is 9.31. The summed E-state index contributed by atoms with van der Waals surface area (Å²) in [6.45, 7) is 1.57. The van der Waals surface area contributed by atoms with Crippen molar-refractivity contribution in [3.8, 4) is 11.1 Å². The smallest absolute Gasteiger partial charge is 0.159 e. The van der Waals surface area contributed by atoms with E-state index in [1.807, 2.05) is 36.4 Å². The largest absolute Gasteiger partial charge is 0.295 e. The van der Waals surface area contributed by atoms with E-state index in [9.17, 15) is 4.79 Å². The fourth-order valence-corrected chi connectivity index (χ4v) is 1.45. The maximum atomic E-state index is 11.2. The molecule has 1 heterocycles. The van der Waals surface area contributed by atoms with Crippen molar-refractivity contribution < 1.29 is 4.79 Å². The second-order valence-corrected chi connectivity index (χ2v) is 3.38. The van der Waals surface area contributed by atoms with Crippen LogP contribution in [0.5, 0.6) is 0 Å². The first kappa shape index (κ1) is 12.1. The van der Waals surface area contributed by atoms with Crippen LogP contribution < -0.4 is 0 Å². The predicted molar refractivity (Wildman–Crippen MR) is 66.4 cm³/mol. The average molecular weight is 213 g/mol. The molecule has 0 amide bonds. The molecule has 1 aromatic heterocycles. The number of pyridine rings is 1. The lowest BCUT2D eigenvalue weighted by Gasteiger charge is -2.02. The lowest BCUT2D eigenvalue weighted by Crippen LogP contribution is -1.91. The molecule has 2 heteroatoms. The van der Waals surface area contributed by atoms with Gasteiger partial charge in [0, 0.05) is 23.5 Å². The number of benzene rings is 1. The minimum absolute atomic E-state index is 0. The van der Waals surface area contributed by atoms with Crippen LogP contribution in [0.15, 0.2) is 48.8 Å².